The molecule has 4 nitrogen and oxygen atoms in total. The van der Waals surface area contributed by atoms with Crippen molar-refractivity contribution in [2.24, 2.45) is 17.8 Å². The van der Waals surface area contributed by atoms with Crippen LogP contribution in [0.15, 0.2) is 18.2 Å². The second-order valence-electron chi connectivity index (χ2n) is 5.84. The fourth-order valence-corrected chi connectivity index (χ4v) is 3.78. The van der Waals surface area contributed by atoms with Crippen molar-refractivity contribution in [2.45, 2.75) is 25.7 Å². The molecule has 2 saturated carbocycles. The first kappa shape index (κ1) is 11.1. The summed E-state index contributed by atoms with van der Waals surface area (Å²) in [4.78, 5) is 12.3. The quantitative estimate of drug-likeness (QED) is 0.888. The summed E-state index contributed by atoms with van der Waals surface area (Å²) in [5.74, 6) is 3.25. The highest BCUT2D eigenvalue weighted by Gasteiger charge is 2.43. The van der Waals surface area contributed by atoms with Gasteiger partial charge in [-0.2, -0.15) is 0 Å². The van der Waals surface area contributed by atoms with Gasteiger partial charge in [0.1, 0.15) is 0 Å². The molecule has 100 valence electrons. The molecular formula is C15H17NO3. The normalized spacial score (nSPS) is 30.6. The molecule has 1 aliphatic heterocycles. The number of fused-ring (bicyclic) bond motifs is 3. The van der Waals surface area contributed by atoms with Crippen LogP contribution in [0.25, 0.3) is 0 Å². The number of hydrogen-bond acceptors (Lipinski definition) is 3. The van der Waals surface area contributed by atoms with Gasteiger partial charge in [0, 0.05) is 17.7 Å². The Kier molecular flexibility index (Phi) is 2.43. The molecule has 4 rings (SSSR count). The SMILES string of the molecule is O=C(Nc1ccc2c(c1)OCO2)C1CC2CCC1C2. The van der Waals surface area contributed by atoms with Gasteiger partial charge in [-0.3, -0.25) is 4.79 Å². The van der Waals surface area contributed by atoms with Crippen molar-refractivity contribution >= 4 is 11.6 Å². The number of hydrogen-bond donors (Lipinski definition) is 1. The van der Waals surface area contributed by atoms with E-state index in [2.05, 4.69) is 5.32 Å². The highest BCUT2D eigenvalue weighted by molar-refractivity contribution is 5.93. The molecular weight excluding hydrogens is 242 g/mol. The van der Waals surface area contributed by atoms with Gasteiger partial charge in [-0.1, -0.05) is 6.42 Å². The van der Waals surface area contributed by atoms with E-state index in [-0.39, 0.29) is 18.6 Å². The summed E-state index contributed by atoms with van der Waals surface area (Å²) in [6.45, 7) is 0.263. The molecule has 0 saturated heterocycles. The van der Waals surface area contributed by atoms with E-state index in [1.807, 2.05) is 18.2 Å². The lowest BCUT2D eigenvalue weighted by Gasteiger charge is -2.20. The van der Waals surface area contributed by atoms with Gasteiger partial charge >= 0.3 is 0 Å². The summed E-state index contributed by atoms with van der Waals surface area (Å²) in [5.41, 5.74) is 0.803. The molecule has 3 atom stereocenters. The van der Waals surface area contributed by atoms with Crippen LogP contribution in [0, 0.1) is 17.8 Å². The van der Waals surface area contributed by atoms with E-state index < -0.39 is 0 Å². The van der Waals surface area contributed by atoms with Crippen LogP contribution in [0.1, 0.15) is 25.7 Å². The summed E-state index contributed by atoms with van der Waals surface area (Å²) in [6.07, 6.45) is 4.86. The third-order valence-corrected chi connectivity index (χ3v) is 4.71. The number of ether oxygens (including phenoxy) is 2. The summed E-state index contributed by atoms with van der Waals surface area (Å²) in [5, 5.41) is 3.02. The summed E-state index contributed by atoms with van der Waals surface area (Å²) < 4.78 is 10.6. The Bertz CT molecular complexity index is 528. The molecule has 1 N–H and O–H groups in total. The summed E-state index contributed by atoms with van der Waals surface area (Å²) in [7, 11) is 0. The third-order valence-electron chi connectivity index (χ3n) is 4.71. The largest absolute Gasteiger partial charge is 0.454 e. The molecule has 1 amide bonds. The molecule has 0 radical (unpaired) electrons. The van der Waals surface area contributed by atoms with Gasteiger partial charge in [0.05, 0.1) is 0 Å². The Morgan fingerprint density at radius 1 is 1.16 bits per heavy atom. The molecule has 3 aliphatic rings. The Balaban J connectivity index is 1.48. The predicted octanol–water partition coefficient (Wildman–Crippen LogP) is 2.79. The molecule has 2 aliphatic carbocycles. The number of amides is 1. The zero-order valence-corrected chi connectivity index (χ0v) is 10.7. The fourth-order valence-electron chi connectivity index (χ4n) is 3.78. The lowest BCUT2D eigenvalue weighted by atomic mass is 9.88. The van der Waals surface area contributed by atoms with Crippen molar-refractivity contribution in [3.05, 3.63) is 18.2 Å². The zero-order valence-electron chi connectivity index (χ0n) is 10.7. The van der Waals surface area contributed by atoms with E-state index in [0.717, 1.165) is 23.8 Å². The van der Waals surface area contributed by atoms with E-state index in [0.29, 0.717) is 11.7 Å². The van der Waals surface area contributed by atoms with Crippen LogP contribution >= 0.6 is 0 Å². The van der Waals surface area contributed by atoms with E-state index in [1.165, 1.54) is 19.3 Å². The number of carbonyl (C=O) groups excluding carboxylic acids is 1. The standard InChI is InChI=1S/C15H17NO3/c17-15(12-6-9-1-2-10(12)5-9)16-11-3-4-13-14(7-11)19-8-18-13/h3-4,7,9-10,12H,1-2,5-6,8H2,(H,16,17). The van der Waals surface area contributed by atoms with E-state index >= 15 is 0 Å². The minimum Gasteiger partial charge on any atom is -0.454 e. The Morgan fingerprint density at radius 2 is 2.05 bits per heavy atom. The first-order valence-corrected chi connectivity index (χ1v) is 7.00. The van der Waals surface area contributed by atoms with Crippen molar-refractivity contribution in [1.82, 2.24) is 0 Å². The van der Waals surface area contributed by atoms with Crippen LogP contribution in [0.5, 0.6) is 11.5 Å². The molecule has 0 aromatic heterocycles. The van der Waals surface area contributed by atoms with Crippen molar-refractivity contribution in [3.8, 4) is 11.5 Å². The average Bonchev–Trinajstić information content (AvgIpc) is 3.13. The maximum absolute atomic E-state index is 12.3. The average molecular weight is 259 g/mol. The molecule has 2 fully saturated rings. The summed E-state index contributed by atoms with van der Waals surface area (Å²) in [6, 6.07) is 5.56. The Labute approximate surface area is 112 Å². The monoisotopic (exact) mass is 259 g/mol. The molecule has 0 spiro atoms. The van der Waals surface area contributed by atoms with Gasteiger partial charge in [-0.15, -0.1) is 0 Å². The van der Waals surface area contributed by atoms with E-state index in [9.17, 15) is 4.79 Å². The number of nitrogens with one attached hydrogen (secondary N) is 1. The maximum atomic E-state index is 12.3. The smallest absolute Gasteiger partial charge is 0.231 e. The number of rotatable bonds is 2. The molecule has 1 aromatic rings. The number of benzene rings is 1. The molecule has 3 unspecified atom stereocenters. The van der Waals surface area contributed by atoms with E-state index in [1.54, 1.807) is 0 Å². The predicted molar refractivity (Wildman–Crippen MR) is 70.1 cm³/mol. The maximum Gasteiger partial charge on any atom is 0.231 e. The van der Waals surface area contributed by atoms with Gasteiger partial charge in [-0.05, 0) is 43.2 Å². The fraction of sp³-hybridized carbons (Fsp3) is 0.533. The van der Waals surface area contributed by atoms with Crippen LogP contribution in [0.4, 0.5) is 5.69 Å². The van der Waals surface area contributed by atoms with Gasteiger partial charge in [-0.25, -0.2) is 0 Å². The number of carbonyl (C=O) groups is 1. The lowest BCUT2D eigenvalue weighted by Crippen LogP contribution is -2.27. The molecule has 2 bridgehead atoms. The highest BCUT2D eigenvalue weighted by Crippen LogP contribution is 2.48. The Hall–Kier alpha value is -1.71. The van der Waals surface area contributed by atoms with E-state index in [4.69, 9.17) is 9.47 Å². The van der Waals surface area contributed by atoms with Gasteiger partial charge < -0.3 is 14.8 Å². The van der Waals surface area contributed by atoms with Crippen molar-refractivity contribution in [1.29, 1.82) is 0 Å². The topological polar surface area (TPSA) is 47.6 Å². The minimum absolute atomic E-state index is 0.172. The minimum atomic E-state index is 0.172. The molecule has 1 aromatic carbocycles. The van der Waals surface area contributed by atoms with Crippen LogP contribution in [0.2, 0.25) is 0 Å². The second kappa shape index (κ2) is 4.15. The van der Waals surface area contributed by atoms with Crippen LogP contribution in [-0.2, 0) is 4.79 Å². The third kappa shape index (κ3) is 1.86. The van der Waals surface area contributed by atoms with Gasteiger partial charge in [0.2, 0.25) is 12.7 Å². The van der Waals surface area contributed by atoms with Crippen molar-refractivity contribution < 1.29 is 14.3 Å². The Morgan fingerprint density at radius 3 is 2.84 bits per heavy atom. The van der Waals surface area contributed by atoms with Crippen LogP contribution in [-0.4, -0.2) is 12.7 Å². The first-order chi connectivity index (χ1) is 9.29. The van der Waals surface area contributed by atoms with Crippen LogP contribution in [0.3, 0.4) is 0 Å². The molecule has 4 heteroatoms. The van der Waals surface area contributed by atoms with Crippen molar-refractivity contribution in [2.75, 3.05) is 12.1 Å². The first-order valence-electron chi connectivity index (χ1n) is 7.00. The van der Waals surface area contributed by atoms with Gasteiger partial charge in [0.15, 0.2) is 11.5 Å². The number of anilines is 1. The van der Waals surface area contributed by atoms with Crippen molar-refractivity contribution in [3.63, 3.8) is 0 Å². The lowest BCUT2D eigenvalue weighted by molar-refractivity contribution is -0.121. The van der Waals surface area contributed by atoms with Gasteiger partial charge in [0.25, 0.3) is 0 Å². The molecule has 19 heavy (non-hydrogen) atoms. The van der Waals surface area contributed by atoms with Crippen LogP contribution < -0.4 is 14.8 Å². The molecule has 1 heterocycles. The second-order valence-corrected chi connectivity index (χ2v) is 5.84. The highest BCUT2D eigenvalue weighted by atomic mass is 16.7. The summed E-state index contributed by atoms with van der Waals surface area (Å²) >= 11 is 0. The zero-order chi connectivity index (χ0) is 12.8.